The van der Waals surface area contributed by atoms with Gasteiger partial charge in [0.15, 0.2) is 0 Å². The molecule has 4 heteroatoms. The third kappa shape index (κ3) is 3.56. The van der Waals surface area contributed by atoms with Crippen LogP contribution in [0.3, 0.4) is 0 Å². The van der Waals surface area contributed by atoms with Crippen molar-refractivity contribution in [1.29, 1.82) is 0 Å². The van der Waals surface area contributed by atoms with Gasteiger partial charge in [-0.2, -0.15) is 0 Å². The molecule has 1 heterocycles. The predicted octanol–water partition coefficient (Wildman–Crippen LogP) is 3.84. The number of nitrogens with one attached hydrogen (secondary N) is 1. The lowest BCUT2D eigenvalue weighted by Gasteiger charge is -2.40. The van der Waals surface area contributed by atoms with Crippen LogP contribution in [0.2, 0.25) is 0 Å². The van der Waals surface area contributed by atoms with E-state index in [1.807, 2.05) is 19.1 Å². The summed E-state index contributed by atoms with van der Waals surface area (Å²) in [6.45, 7) is 6.94. The number of carboxylic acids is 1. The van der Waals surface area contributed by atoms with Crippen molar-refractivity contribution in [1.82, 2.24) is 0 Å². The Bertz CT molecular complexity index is 509. The lowest BCUT2D eigenvalue weighted by Crippen LogP contribution is -2.43. The zero-order chi connectivity index (χ0) is 15.5. The normalized spacial score (nSPS) is 21.0. The molecule has 0 radical (unpaired) electrons. The molecule has 2 N–H and O–H groups in total. The van der Waals surface area contributed by atoms with E-state index in [1.165, 1.54) is 0 Å². The minimum Gasteiger partial charge on any atom is -0.478 e. The molecule has 21 heavy (non-hydrogen) atoms. The number of aryl methyl sites for hydroxylation is 1. The highest BCUT2D eigenvalue weighted by atomic mass is 16.5. The van der Waals surface area contributed by atoms with E-state index < -0.39 is 5.97 Å². The SMILES string of the molecule is CCC1(CC)CC(Nc2ccc(C)cc2C(=O)O)CCO1. The van der Waals surface area contributed by atoms with Crippen molar-refractivity contribution in [2.24, 2.45) is 0 Å². The van der Waals surface area contributed by atoms with Gasteiger partial charge in [0, 0.05) is 18.3 Å². The van der Waals surface area contributed by atoms with Gasteiger partial charge in [-0.25, -0.2) is 4.79 Å². The Labute approximate surface area is 126 Å². The van der Waals surface area contributed by atoms with E-state index in [9.17, 15) is 9.90 Å². The number of ether oxygens (including phenoxy) is 1. The average molecular weight is 291 g/mol. The maximum Gasteiger partial charge on any atom is 0.337 e. The first kappa shape index (κ1) is 15.8. The molecule has 0 aliphatic carbocycles. The van der Waals surface area contributed by atoms with Crippen LogP contribution < -0.4 is 5.32 Å². The van der Waals surface area contributed by atoms with Gasteiger partial charge in [0.2, 0.25) is 0 Å². The average Bonchev–Trinajstić information content (AvgIpc) is 2.49. The van der Waals surface area contributed by atoms with Crippen LogP contribution in [-0.2, 0) is 4.74 Å². The van der Waals surface area contributed by atoms with Crippen molar-refractivity contribution in [3.63, 3.8) is 0 Å². The molecular weight excluding hydrogens is 266 g/mol. The molecule has 1 aliphatic heterocycles. The topological polar surface area (TPSA) is 58.6 Å². The molecule has 1 unspecified atom stereocenters. The number of anilines is 1. The Hall–Kier alpha value is -1.55. The van der Waals surface area contributed by atoms with Crippen LogP contribution in [0.15, 0.2) is 18.2 Å². The summed E-state index contributed by atoms with van der Waals surface area (Å²) in [6.07, 6.45) is 3.81. The smallest absolute Gasteiger partial charge is 0.337 e. The number of hydrogen-bond donors (Lipinski definition) is 2. The first-order valence-corrected chi connectivity index (χ1v) is 7.74. The van der Waals surface area contributed by atoms with E-state index in [0.717, 1.165) is 37.9 Å². The molecule has 0 amide bonds. The van der Waals surface area contributed by atoms with Crippen molar-refractivity contribution < 1.29 is 14.6 Å². The number of aromatic carboxylic acids is 1. The summed E-state index contributed by atoms with van der Waals surface area (Å²) in [5.74, 6) is -0.884. The highest BCUT2D eigenvalue weighted by Gasteiger charge is 2.34. The number of rotatable bonds is 5. The fraction of sp³-hybridized carbons (Fsp3) is 0.588. The summed E-state index contributed by atoms with van der Waals surface area (Å²) in [5, 5.41) is 12.8. The molecule has 1 saturated heterocycles. The summed E-state index contributed by atoms with van der Waals surface area (Å²) in [5.41, 5.74) is 1.95. The standard InChI is InChI=1S/C17H25NO3/c1-4-17(5-2)11-13(8-9-21-17)18-15-7-6-12(3)10-14(15)16(19)20/h6-7,10,13,18H,4-5,8-9,11H2,1-3H3,(H,19,20). The van der Waals surface area contributed by atoms with Gasteiger partial charge in [0.1, 0.15) is 0 Å². The molecular formula is C17H25NO3. The van der Waals surface area contributed by atoms with Crippen LogP contribution in [0.25, 0.3) is 0 Å². The van der Waals surface area contributed by atoms with Gasteiger partial charge in [-0.15, -0.1) is 0 Å². The summed E-state index contributed by atoms with van der Waals surface area (Å²) < 4.78 is 5.97. The van der Waals surface area contributed by atoms with Crippen molar-refractivity contribution in [3.05, 3.63) is 29.3 Å². The molecule has 0 spiro atoms. The summed E-state index contributed by atoms with van der Waals surface area (Å²) >= 11 is 0. The van der Waals surface area contributed by atoms with E-state index in [0.29, 0.717) is 11.3 Å². The second-order valence-corrected chi connectivity index (χ2v) is 5.93. The van der Waals surface area contributed by atoms with E-state index in [4.69, 9.17) is 4.74 Å². The highest BCUT2D eigenvalue weighted by molar-refractivity contribution is 5.94. The first-order chi connectivity index (χ1) is 9.99. The second-order valence-electron chi connectivity index (χ2n) is 5.93. The fourth-order valence-corrected chi connectivity index (χ4v) is 3.07. The number of carbonyl (C=O) groups is 1. The van der Waals surface area contributed by atoms with Gasteiger partial charge < -0.3 is 15.2 Å². The minimum absolute atomic E-state index is 0.0655. The third-order valence-corrected chi connectivity index (χ3v) is 4.55. The Balaban J connectivity index is 2.16. The van der Waals surface area contributed by atoms with Gasteiger partial charge in [0.05, 0.1) is 11.2 Å². The minimum atomic E-state index is -0.884. The molecule has 2 rings (SSSR count). The van der Waals surface area contributed by atoms with E-state index in [1.54, 1.807) is 6.07 Å². The van der Waals surface area contributed by atoms with Crippen LogP contribution >= 0.6 is 0 Å². The van der Waals surface area contributed by atoms with Gasteiger partial charge in [0.25, 0.3) is 0 Å². The van der Waals surface area contributed by atoms with Crippen molar-refractivity contribution in [2.75, 3.05) is 11.9 Å². The Morgan fingerprint density at radius 2 is 2.14 bits per heavy atom. The number of hydrogen-bond acceptors (Lipinski definition) is 3. The molecule has 0 saturated carbocycles. The lowest BCUT2D eigenvalue weighted by atomic mass is 9.85. The zero-order valence-electron chi connectivity index (χ0n) is 13.1. The van der Waals surface area contributed by atoms with Gasteiger partial charge in [-0.1, -0.05) is 25.5 Å². The van der Waals surface area contributed by atoms with Crippen molar-refractivity contribution >= 4 is 11.7 Å². The highest BCUT2D eigenvalue weighted by Crippen LogP contribution is 2.33. The largest absolute Gasteiger partial charge is 0.478 e. The Kier molecular flexibility index (Phi) is 4.88. The number of benzene rings is 1. The zero-order valence-corrected chi connectivity index (χ0v) is 13.1. The van der Waals surface area contributed by atoms with Crippen LogP contribution in [0.5, 0.6) is 0 Å². The van der Waals surface area contributed by atoms with E-state index >= 15 is 0 Å². The monoisotopic (exact) mass is 291 g/mol. The maximum atomic E-state index is 11.4. The summed E-state index contributed by atoms with van der Waals surface area (Å²) in [7, 11) is 0. The van der Waals surface area contributed by atoms with Crippen molar-refractivity contribution in [3.8, 4) is 0 Å². The summed E-state index contributed by atoms with van der Waals surface area (Å²) in [4.78, 5) is 11.4. The lowest BCUT2D eigenvalue weighted by molar-refractivity contribution is -0.0864. The van der Waals surface area contributed by atoms with Gasteiger partial charge in [-0.3, -0.25) is 0 Å². The molecule has 0 bridgehead atoms. The van der Waals surface area contributed by atoms with E-state index in [2.05, 4.69) is 19.2 Å². The second kappa shape index (κ2) is 6.48. The predicted molar refractivity (Wildman–Crippen MR) is 84.0 cm³/mol. The van der Waals surface area contributed by atoms with Crippen LogP contribution in [0, 0.1) is 6.92 Å². The van der Waals surface area contributed by atoms with Crippen LogP contribution in [0.4, 0.5) is 5.69 Å². The molecule has 116 valence electrons. The number of carboxylic acid groups (broad SMARTS) is 1. The molecule has 1 fully saturated rings. The van der Waals surface area contributed by atoms with Crippen molar-refractivity contribution in [2.45, 2.75) is 58.1 Å². The molecule has 1 aromatic carbocycles. The van der Waals surface area contributed by atoms with E-state index in [-0.39, 0.29) is 11.6 Å². The fourth-order valence-electron chi connectivity index (χ4n) is 3.07. The molecule has 1 aromatic rings. The van der Waals surface area contributed by atoms with Gasteiger partial charge in [-0.05, 0) is 44.7 Å². The quantitative estimate of drug-likeness (QED) is 0.865. The molecule has 4 nitrogen and oxygen atoms in total. The molecule has 0 aromatic heterocycles. The first-order valence-electron chi connectivity index (χ1n) is 7.74. The van der Waals surface area contributed by atoms with Crippen LogP contribution in [-0.4, -0.2) is 29.3 Å². The molecule has 1 atom stereocenters. The Morgan fingerprint density at radius 1 is 1.43 bits per heavy atom. The molecule has 1 aliphatic rings. The maximum absolute atomic E-state index is 11.4. The summed E-state index contributed by atoms with van der Waals surface area (Å²) in [6, 6.07) is 5.80. The van der Waals surface area contributed by atoms with Crippen LogP contribution in [0.1, 0.15) is 55.5 Å². The van der Waals surface area contributed by atoms with Gasteiger partial charge >= 0.3 is 5.97 Å². The Morgan fingerprint density at radius 3 is 2.76 bits per heavy atom. The third-order valence-electron chi connectivity index (χ3n) is 4.55.